The van der Waals surface area contributed by atoms with Crippen molar-refractivity contribution in [2.75, 3.05) is 16.4 Å². The van der Waals surface area contributed by atoms with Gasteiger partial charge in [-0.2, -0.15) is 4.99 Å². The maximum Gasteiger partial charge on any atom is 0.252 e. The van der Waals surface area contributed by atoms with Crippen molar-refractivity contribution in [1.29, 1.82) is 0 Å². The van der Waals surface area contributed by atoms with Gasteiger partial charge in [0.2, 0.25) is 0 Å². The summed E-state index contributed by atoms with van der Waals surface area (Å²) in [4.78, 5) is 19.1. The van der Waals surface area contributed by atoms with Gasteiger partial charge in [0.15, 0.2) is 15.0 Å². The first-order chi connectivity index (χ1) is 13.7. The topological polar surface area (TPSA) is 66.8 Å². The first kappa shape index (κ1) is 20.2. The van der Waals surface area contributed by atoms with E-state index in [1.54, 1.807) is 0 Å². The molecule has 152 valence electrons. The molecule has 0 N–H and O–H groups in total. The molecule has 4 rings (SSSR count). The SMILES string of the molecule is Cc1ccc(CC(=O)N=C2SC3CS(=O)(=O)CC3N2c2cccc(C)c2C)cc1. The Kier molecular flexibility index (Phi) is 5.29. The van der Waals surface area contributed by atoms with Crippen LogP contribution < -0.4 is 4.90 Å². The molecule has 2 aliphatic rings. The number of amidine groups is 1. The molecular formula is C22H24N2O3S2. The molecule has 2 unspecified atom stereocenters. The molecule has 2 aromatic rings. The largest absolute Gasteiger partial charge is 0.315 e. The molecule has 2 aliphatic heterocycles. The number of nitrogens with zero attached hydrogens (tertiary/aromatic N) is 2. The van der Waals surface area contributed by atoms with Gasteiger partial charge in [-0.1, -0.05) is 53.7 Å². The number of benzene rings is 2. The van der Waals surface area contributed by atoms with E-state index < -0.39 is 9.84 Å². The van der Waals surface area contributed by atoms with Gasteiger partial charge in [0.1, 0.15) is 0 Å². The summed E-state index contributed by atoms with van der Waals surface area (Å²) in [7, 11) is -3.08. The highest BCUT2D eigenvalue weighted by molar-refractivity contribution is 8.16. The van der Waals surface area contributed by atoms with Crippen LogP contribution in [0.1, 0.15) is 22.3 Å². The van der Waals surface area contributed by atoms with Crippen LogP contribution in [0.5, 0.6) is 0 Å². The Labute approximate surface area is 176 Å². The minimum Gasteiger partial charge on any atom is -0.315 e. The number of aryl methyl sites for hydroxylation is 2. The van der Waals surface area contributed by atoms with E-state index in [0.29, 0.717) is 5.17 Å². The summed E-state index contributed by atoms with van der Waals surface area (Å²) in [6.07, 6.45) is 0.235. The monoisotopic (exact) mass is 428 g/mol. The molecule has 0 saturated carbocycles. The van der Waals surface area contributed by atoms with Crippen LogP contribution in [-0.4, -0.2) is 42.3 Å². The molecule has 7 heteroatoms. The highest BCUT2D eigenvalue weighted by Crippen LogP contribution is 2.42. The van der Waals surface area contributed by atoms with Crippen LogP contribution in [0.2, 0.25) is 0 Å². The van der Waals surface area contributed by atoms with Crippen molar-refractivity contribution >= 4 is 38.4 Å². The maximum atomic E-state index is 12.7. The molecular weight excluding hydrogens is 404 g/mol. The molecule has 0 spiro atoms. The van der Waals surface area contributed by atoms with Gasteiger partial charge < -0.3 is 4.90 Å². The summed E-state index contributed by atoms with van der Waals surface area (Å²) in [5.74, 6) is 0.0208. The second-order valence-electron chi connectivity index (χ2n) is 7.84. The molecule has 0 aromatic heterocycles. The van der Waals surface area contributed by atoms with Crippen molar-refractivity contribution in [3.05, 3.63) is 64.7 Å². The first-order valence-corrected chi connectivity index (χ1v) is 12.3. The lowest BCUT2D eigenvalue weighted by molar-refractivity contribution is -0.117. The van der Waals surface area contributed by atoms with Crippen LogP contribution in [0.4, 0.5) is 5.69 Å². The molecule has 2 atom stereocenters. The average molecular weight is 429 g/mol. The standard InChI is InChI=1S/C22H24N2O3S2/c1-14-7-9-17(10-8-14)11-21(25)23-22-24(18-6-4-5-15(2)16(18)3)19-12-29(26,27)13-20(19)28-22/h4-10,19-20H,11-13H2,1-3H3. The Morgan fingerprint density at radius 1 is 1.10 bits per heavy atom. The number of carbonyl (C=O) groups excluding carboxylic acids is 1. The van der Waals surface area contributed by atoms with E-state index in [1.165, 1.54) is 11.8 Å². The molecule has 0 radical (unpaired) electrons. The third kappa shape index (κ3) is 4.12. The zero-order chi connectivity index (χ0) is 20.8. The lowest BCUT2D eigenvalue weighted by Gasteiger charge is -2.26. The molecule has 0 bridgehead atoms. The Balaban J connectivity index is 1.67. The van der Waals surface area contributed by atoms with Crippen molar-refractivity contribution in [1.82, 2.24) is 0 Å². The maximum absolute atomic E-state index is 12.7. The number of aliphatic imine (C=N–C) groups is 1. The summed E-state index contributed by atoms with van der Waals surface area (Å²) in [6.45, 7) is 6.07. The summed E-state index contributed by atoms with van der Waals surface area (Å²) < 4.78 is 24.4. The number of anilines is 1. The quantitative estimate of drug-likeness (QED) is 0.749. The number of amides is 1. The molecule has 2 fully saturated rings. The third-order valence-electron chi connectivity index (χ3n) is 5.60. The smallest absolute Gasteiger partial charge is 0.252 e. The normalized spacial score (nSPS) is 24.1. The number of hydrogen-bond acceptors (Lipinski definition) is 4. The average Bonchev–Trinajstić information content (AvgIpc) is 3.10. The minimum atomic E-state index is -3.08. The van der Waals surface area contributed by atoms with Crippen LogP contribution in [0.3, 0.4) is 0 Å². The van der Waals surface area contributed by atoms with Gasteiger partial charge >= 0.3 is 0 Å². The van der Waals surface area contributed by atoms with Crippen molar-refractivity contribution in [2.45, 2.75) is 38.5 Å². The summed E-state index contributed by atoms with van der Waals surface area (Å²) in [6, 6.07) is 13.6. The lowest BCUT2D eigenvalue weighted by Crippen LogP contribution is -2.38. The van der Waals surface area contributed by atoms with E-state index in [4.69, 9.17) is 0 Å². The van der Waals surface area contributed by atoms with Crippen LogP contribution >= 0.6 is 11.8 Å². The number of carbonyl (C=O) groups is 1. The highest BCUT2D eigenvalue weighted by Gasteiger charge is 2.49. The predicted molar refractivity (Wildman–Crippen MR) is 120 cm³/mol. The zero-order valence-electron chi connectivity index (χ0n) is 16.8. The molecule has 29 heavy (non-hydrogen) atoms. The van der Waals surface area contributed by atoms with Gasteiger partial charge in [0.25, 0.3) is 5.91 Å². The van der Waals surface area contributed by atoms with E-state index in [2.05, 4.69) is 4.99 Å². The summed E-state index contributed by atoms with van der Waals surface area (Å²) >= 11 is 1.42. The Morgan fingerprint density at radius 3 is 2.55 bits per heavy atom. The fourth-order valence-corrected chi connectivity index (χ4v) is 7.79. The van der Waals surface area contributed by atoms with Crippen molar-refractivity contribution < 1.29 is 13.2 Å². The van der Waals surface area contributed by atoms with Crippen LogP contribution in [0.15, 0.2) is 47.5 Å². The lowest BCUT2D eigenvalue weighted by atomic mass is 10.1. The van der Waals surface area contributed by atoms with Gasteiger partial charge in [-0.3, -0.25) is 4.79 Å². The van der Waals surface area contributed by atoms with Crippen LogP contribution in [-0.2, 0) is 21.1 Å². The number of rotatable bonds is 3. The van der Waals surface area contributed by atoms with Crippen LogP contribution in [0, 0.1) is 20.8 Å². The minimum absolute atomic E-state index is 0.0918. The van der Waals surface area contributed by atoms with Crippen molar-refractivity contribution in [2.24, 2.45) is 4.99 Å². The Bertz CT molecular complexity index is 1090. The molecule has 2 heterocycles. The second kappa shape index (κ2) is 7.61. The molecule has 0 aliphatic carbocycles. The number of sulfone groups is 1. The first-order valence-electron chi connectivity index (χ1n) is 9.63. The van der Waals surface area contributed by atoms with E-state index in [9.17, 15) is 13.2 Å². The fraction of sp³-hybridized carbons (Fsp3) is 0.364. The van der Waals surface area contributed by atoms with E-state index >= 15 is 0 Å². The number of thioether (sulfide) groups is 1. The number of fused-ring (bicyclic) bond motifs is 1. The molecule has 2 aromatic carbocycles. The number of hydrogen-bond donors (Lipinski definition) is 0. The Morgan fingerprint density at radius 2 is 1.83 bits per heavy atom. The molecule has 5 nitrogen and oxygen atoms in total. The van der Waals surface area contributed by atoms with Gasteiger partial charge in [-0.15, -0.1) is 0 Å². The molecule has 2 saturated heterocycles. The predicted octanol–water partition coefficient (Wildman–Crippen LogP) is 3.46. The van der Waals surface area contributed by atoms with E-state index in [0.717, 1.165) is 27.9 Å². The highest BCUT2D eigenvalue weighted by atomic mass is 32.2. The van der Waals surface area contributed by atoms with Crippen molar-refractivity contribution in [3.63, 3.8) is 0 Å². The summed E-state index contributed by atoms with van der Waals surface area (Å²) in [5.41, 5.74) is 5.21. The van der Waals surface area contributed by atoms with Gasteiger partial charge in [0, 0.05) is 10.9 Å². The van der Waals surface area contributed by atoms with Gasteiger partial charge in [-0.05, 0) is 43.5 Å². The van der Waals surface area contributed by atoms with Crippen LogP contribution in [0.25, 0.3) is 0 Å². The third-order valence-corrected chi connectivity index (χ3v) is 8.81. The fourth-order valence-electron chi connectivity index (χ4n) is 3.87. The Hall–Kier alpha value is -2.12. The summed E-state index contributed by atoms with van der Waals surface area (Å²) in [5, 5.41) is 0.520. The second-order valence-corrected chi connectivity index (χ2v) is 11.2. The van der Waals surface area contributed by atoms with Gasteiger partial charge in [-0.25, -0.2) is 8.42 Å². The molecule has 1 amide bonds. The van der Waals surface area contributed by atoms with E-state index in [-0.39, 0.29) is 35.1 Å². The van der Waals surface area contributed by atoms with E-state index in [1.807, 2.05) is 68.1 Å². The zero-order valence-corrected chi connectivity index (χ0v) is 18.4. The van der Waals surface area contributed by atoms with Gasteiger partial charge in [0.05, 0.1) is 24.0 Å². The van der Waals surface area contributed by atoms with Crippen molar-refractivity contribution in [3.8, 4) is 0 Å².